The maximum atomic E-state index is 11.1. The van der Waals surface area contributed by atoms with Crippen molar-refractivity contribution in [2.75, 3.05) is 25.1 Å². The first-order chi connectivity index (χ1) is 10.9. The van der Waals surface area contributed by atoms with Gasteiger partial charge in [-0.25, -0.2) is 13.4 Å². The lowest BCUT2D eigenvalue weighted by Gasteiger charge is -2.10. The maximum Gasteiger partial charge on any atom is 0.191 e. The predicted octanol–water partition coefficient (Wildman–Crippen LogP) is 2.30. The molecule has 7 nitrogen and oxygen atoms in total. The molecule has 0 saturated carbocycles. The van der Waals surface area contributed by atoms with Crippen LogP contribution in [0.3, 0.4) is 0 Å². The largest absolute Gasteiger partial charge is 0.359 e. The van der Waals surface area contributed by atoms with Crippen LogP contribution in [0.4, 0.5) is 0 Å². The van der Waals surface area contributed by atoms with Gasteiger partial charge < -0.3 is 15.2 Å². The van der Waals surface area contributed by atoms with Gasteiger partial charge in [0.2, 0.25) is 0 Å². The van der Waals surface area contributed by atoms with Crippen molar-refractivity contribution < 1.29 is 12.9 Å². The lowest BCUT2D eigenvalue weighted by Crippen LogP contribution is -2.39. The van der Waals surface area contributed by atoms with Gasteiger partial charge in [0, 0.05) is 31.3 Å². The van der Waals surface area contributed by atoms with E-state index in [1.54, 1.807) is 0 Å². The minimum atomic E-state index is -2.99. The molecule has 1 aromatic heterocycles. The van der Waals surface area contributed by atoms with Gasteiger partial charge in [0.05, 0.1) is 11.4 Å². The summed E-state index contributed by atoms with van der Waals surface area (Å²) < 4.78 is 27.6. The number of hydrogen-bond donors (Lipinski definition) is 2. The predicted molar refractivity (Wildman–Crippen MR) is 108 cm³/mol. The Labute approximate surface area is 162 Å². The Bertz CT molecular complexity index is 598. The fraction of sp³-hybridized carbons (Fsp3) is 0.733. The summed E-state index contributed by atoms with van der Waals surface area (Å²) in [7, 11) is -2.99. The lowest BCUT2D eigenvalue weighted by atomic mass is 9.99. The quantitative estimate of drug-likeness (QED) is 0.325. The summed E-state index contributed by atoms with van der Waals surface area (Å²) in [6.45, 7) is 7.60. The van der Waals surface area contributed by atoms with Crippen molar-refractivity contribution in [1.29, 1.82) is 0 Å². The molecule has 24 heavy (non-hydrogen) atoms. The van der Waals surface area contributed by atoms with Crippen LogP contribution < -0.4 is 10.6 Å². The van der Waals surface area contributed by atoms with E-state index < -0.39 is 9.84 Å². The topological polar surface area (TPSA) is 96.6 Å². The first kappa shape index (κ1) is 23.2. The minimum Gasteiger partial charge on any atom is -0.359 e. The van der Waals surface area contributed by atoms with Crippen LogP contribution in [0, 0.1) is 0 Å². The highest BCUT2D eigenvalue weighted by Crippen LogP contribution is 2.22. The van der Waals surface area contributed by atoms with Crippen molar-refractivity contribution in [3.05, 3.63) is 17.5 Å². The van der Waals surface area contributed by atoms with Crippen LogP contribution in [0.5, 0.6) is 0 Å². The fourth-order valence-electron chi connectivity index (χ4n) is 2.16. The summed E-state index contributed by atoms with van der Waals surface area (Å²) in [4.78, 5) is 4.39. The SMILES string of the molecule is CCNC(=NCc1cc(C(CC)CC)no1)NCCS(C)(=O)=O.I. The van der Waals surface area contributed by atoms with E-state index >= 15 is 0 Å². The zero-order valence-electron chi connectivity index (χ0n) is 14.8. The smallest absolute Gasteiger partial charge is 0.191 e. The van der Waals surface area contributed by atoms with Crippen molar-refractivity contribution >= 4 is 39.8 Å². The van der Waals surface area contributed by atoms with E-state index in [0.29, 0.717) is 37.3 Å². The van der Waals surface area contributed by atoms with Gasteiger partial charge in [-0.1, -0.05) is 19.0 Å². The lowest BCUT2D eigenvalue weighted by molar-refractivity contribution is 0.372. The van der Waals surface area contributed by atoms with Crippen LogP contribution in [0.15, 0.2) is 15.6 Å². The molecule has 0 bridgehead atoms. The van der Waals surface area contributed by atoms with E-state index in [4.69, 9.17) is 4.52 Å². The highest BCUT2D eigenvalue weighted by atomic mass is 127. The summed E-state index contributed by atoms with van der Waals surface area (Å²) in [6.07, 6.45) is 3.27. The molecule has 0 fully saturated rings. The average Bonchev–Trinajstić information content (AvgIpc) is 2.93. The number of rotatable bonds is 9. The van der Waals surface area contributed by atoms with E-state index in [9.17, 15) is 8.42 Å². The molecule has 0 aromatic carbocycles. The van der Waals surface area contributed by atoms with E-state index in [2.05, 4.69) is 34.6 Å². The Kier molecular flexibility index (Phi) is 11.3. The third-order valence-electron chi connectivity index (χ3n) is 3.48. The Morgan fingerprint density at radius 2 is 1.96 bits per heavy atom. The molecule has 0 aliphatic carbocycles. The zero-order chi connectivity index (χ0) is 17.3. The molecule has 1 heterocycles. The Balaban J connectivity index is 0.00000529. The molecule has 0 unspecified atom stereocenters. The molecule has 0 radical (unpaired) electrons. The number of sulfone groups is 1. The Hall–Kier alpha value is -0.840. The molecule has 140 valence electrons. The zero-order valence-corrected chi connectivity index (χ0v) is 18.0. The summed E-state index contributed by atoms with van der Waals surface area (Å²) in [5, 5.41) is 10.2. The van der Waals surface area contributed by atoms with Gasteiger partial charge in [0.25, 0.3) is 0 Å². The third-order valence-corrected chi connectivity index (χ3v) is 4.43. The Morgan fingerprint density at radius 3 is 2.50 bits per heavy atom. The van der Waals surface area contributed by atoms with Crippen LogP contribution in [-0.4, -0.2) is 44.6 Å². The van der Waals surface area contributed by atoms with E-state index in [1.807, 2.05) is 13.0 Å². The number of nitrogens with zero attached hydrogens (tertiary/aromatic N) is 2. The van der Waals surface area contributed by atoms with Crippen molar-refractivity contribution in [1.82, 2.24) is 15.8 Å². The summed E-state index contributed by atoms with van der Waals surface area (Å²) in [6, 6.07) is 1.95. The summed E-state index contributed by atoms with van der Waals surface area (Å²) in [5.41, 5.74) is 0.968. The molecule has 0 aliphatic rings. The monoisotopic (exact) mass is 472 g/mol. The summed E-state index contributed by atoms with van der Waals surface area (Å²) >= 11 is 0. The molecule has 0 atom stereocenters. The fourth-order valence-corrected chi connectivity index (χ4v) is 2.63. The number of aromatic nitrogens is 1. The Morgan fingerprint density at radius 1 is 1.29 bits per heavy atom. The standard InChI is InChI=1S/C15H28N4O3S.HI/c1-5-12(6-2)14-10-13(22-19-14)11-18-15(16-7-3)17-8-9-23(4,20)21;/h10,12H,5-9,11H2,1-4H3,(H2,16,17,18);1H. The molecule has 9 heteroatoms. The second kappa shape index (κ2) is 11.7. The van der Waals surface area contributed by atoms with Gasteiger partial charge in [-0.15, -0.1) is 24.0 Å². The van der Waals surface area contributed by atoms with Crippen molar-refractivity contribution in [3.8, 4) is 0 Å². The molecular formula is C15H29IN4O3S. The third kappa shape index (κ3) is 8.86. The van der Waals surface area contributed by atoms with Crippen molar-refractivity contribution in [2.45, 2.75) is 46.1 Å². The van der Waals surface area contributed by atoms with Gasteiger partial charge >= 0.3 is 0 Å². The van der Waals surface area contributed by atoms with Gasteiger partial charge in [0.15, 0.2) is 11.7 Å². The first-order valence-corrected chi connectivity index (χ1v) is 10.1. The van der Waals surface area contributed by atoms with Gasteiger partial charge in [-0.05, 0) is 19.8 Å². The number of aliphatic imine (C=N–C) groups is 1. The molecule has 0 amide bonds. The number of nitrogens with one attached hydrogen (secondary N) is 2. The van der Waals surface area contributed by atoms with Crippen LogP contribution >= 0.6 is 24.0 Å². The molecule has 2 N–H and O–H groups in total. The molecule has 1 rings (SSSR count). The molecule has 1 aromatic rings. The number of guanidine groups is 1. The molecule has 0 spiro atoms. The van der Waals surface area contributed by atoms with Crippen molar-refractivity contribution in [2.24, 2.45) is 4.99 Å². The van der Waals surface area contributed by atoms with Gasteiger partial charge in [-0.2, -0.15) is 0 Å². The highest BCUT2D eigenvalue weighted by Gasteiger charge is 2.12. The van der Waals surface area contributed by atoms with E-state index in [-0.39, 0.29) is 29.7 Å². The van der Waals surface area contributed by atoms with Crippen LogP contribution in [0.25, 0.3) is 0 Å². The maximum absolute atomic E-state index is 11.1. The molecule has 0 saturated heterocycles. The molecule has 0 aliphatic heterocycles. The van der Waals surface area contributed by atoms with Crippen LogP contribution in [-0.2, 0) is 16.4 Å². The molecular weight excluding hydrogens is 443 g/mol. The highest BCUT2D eigenvalue weighted by molar-refractivity contribution is 14.0. The minimum absolute atomic E-state index is 0. The first-order valence-electron chi connectivity index (χ1n) is 8.04. The summed E-state index contributed by atoms with van der Waals surface area (Å²) in [5.74, 6) is 1.75. The second-order valence-electron chi connectivity index (χ2n) is 5.48. The second-order valence-corrected chi connectivity index (χ2v) is 7.74. The number of halogens is 1. The van der Waals surface area contributed by atoms with Crippen molar-refractivity contribution in [3.63, 3.8) is 0 Å². The number of hydrogen-bond acceptors (Lipinski definition) is 5. The van der Waals surface area contributed by atoms with E-state index in [0.717, 1.165) is 18.5 Å². The van der Waals surface area contributed by atoms with Gasteiger partial charge in [0.1, 0.15) is 16.4 Å². The van der Waals surface area contributed by atoms with E-state index in [1.165, 1.54) is 6.26 Å². The van der Waals surface area contributed by atoms with Gasteiger partial charge in [-0.3, -0.25) is 0 Å². The van der Waals surface area contributed by atoms with Crippen LogP contribution in [0.2, 0.25) is 0 Å². The van der Waals surface area contributed by atoms with Crippen LogP contribution in [0.1, 0.15) is 51.0 Å². The average molecular weight is 472 g/mol. The normalized spacial score (nSPS) is 12.1.